The Hall–Kier alpha value is -1.64. The molecule has 17 heavy (non-hydrogen) atoms. The molecule has 0 radical (unpaired) electrons. The van der Waals surface area contributed by atoms with E-state index in [1.54, 1.807) is 7.11 Å². The number of ether oxygens (including phenoxy) is 2. The molecule has 1 aromatic rings. The van der Waals surface area contributed by atoms with E-state index >= 15 is 0 Å². The number of rotatable bonds is 7. The Morgan fingerprint density at radius 1 is 1.35 bits per heavy atom. The van der Waals surface area contributed by atoms with Gasteiger partial charge in [0, 0.05) is 12.7 Å². The zero-order valence-electron chi connectivity index (χ0n) is 10.9. The molecule has 1 N–H and O–H groups in total. The first-order chi connectivity index (χ1) is 8.21. The molecule has 1 rings (SSSR count). The first kappa shape index (κ1) is 13.4. The van der Waals surface area contributed by atoms with Crippen molar-refractivity contribution in [1.82, 2.24) is 5.32 Å². The smallest absolute Gasteiger partial charge is 0.161 e. The summed E-state index contributed by atoms with van der Waals surface area (Å²) in [5.41, 5.74) is 2.27. The first-order valence-electron chi connectivity index (χ1n) is 5.86. The summed E-state index contributed by atoms with van der Waals surface area (Å²) in [7, 11) is 3.54. The van der Waals surface area contributed by atoms with E-state index in [1.807, 2.05) is 26.1 Å². The van der Waals surface area contributed by atoms with Crippen LogP contribution in [-0.2, 0) is 6.42 Å². The minimum atomic E-state index is 0.642. The zero-order valence-corrected chi connectivity index (χ0v) is 10.9. The van der Waals surface area contributed by atoms with Crippen LogP contribution in [0, 0.1) is 0 Å². The Kier molecular flexibility index (Phi) is 5.40. The van der Waals surface area contributed by atoms with E-state index in [0.717, 1.165) is 30.0 Å². The molecule has 0 saturated heterocycles. The van der Waals surface area contributed by atoms with Gasteiger partial charge in [-0.15, -0.1) is 0 Å². The molecule has 0 aliphatic heterocycles. The van der Waals surface area contributed by atoms with Crippen LogP contribution in [0.2, 0.25) is 0 Å². The summed E-state index contributed by atoms with van der Waals surface area (Å²) in [6.45, 7) is 6.52. The fourth-order valence-electron chi connectivity index (χ4n) is 1.57. The number of aryl methyl sites for hydroxylation is 1. The SMILES string of the molecule is C=C(CCc1ccc(OC)c(OCC)c1)NC. The highest BCUT2D eigenvalue weighted by Crippen LogP contribution is 2.28. The number of nitrogens with one attached hydrogen (secondary N) is 1. The predicted octanol–water partition coefficient (Wildman–Crippen LogP) is 2.76. The van der Waals surface area contributed by atoms with E-state index in [1.165, 1.54) is 5.56 Å². The summed E-state index contributed by atoms with van der Waals surface area (Å²) in [4.78, 5) is 0. The Bertz CT molecular complexity index is 374. The summed E-state index contributed by atoms with van der Waals surface area (Å²) >= 11 is 0. The molecule has 0 amide bonds. The quantitative estimate of drug-likeness (QED) is 0.788. The van der Waals surface area contributed by atoms with Crippen LogP contribution in [0.3, 0.4) is 0 Å². The molecule has 0 aliphatic carbocycles. The van der Waals surface area contributed by atoms with Gasteiger partial charge in [-0.05, 0) is 37.5 Å². The van der Waals surface area contributed by atoms with Crippen LogP contribution in [0.1, 0.15) is 18.9 Å². The van der Waals surface area contributed by atoms with Gasteiger partial charge >= 0.3 is 0 Å². The maximum atomic E-state index is 5.54. The minimum absolute atomic E-state index is 0.642. The third kappa shape index (κ3) is 4.02. The summed E-state index contributed by atoms with van der Waals surface area (Å²) in [6, 6.07) is 6.04. The van der Waals surface area contributed by atoms with E-state index in [4.69, 9.17) is 9.47 Å². The monoisotopic (exact) mass is 235 g/mol. The summed E-state index contributed by atoms with van der Waals surface area (Å²) in [5.74, 6) is 1.59. The molecule has 0 aromatic heterocycles. The van der Waals surface area contributed by atoms with Gasteiger partial charge < -0.3 is 14.8 Å². The van der Waals surface area contributed by atoms with Crippen molar-refractivity contribution in [2.45, 2.75) is 19.8 Å². The molecule has 0 unspecified atom stereocenters. The third-order valence-electron chi connectivity index (χ3n) is 2.60. The zero-order chi connectivity index (χ0) is 12.7. The van der Waals surface area contributed by atoms with Crippen molar-refractivity contribution in [2.75, 3.05) is 20.8 Å². The average Bonchev–Trinajstić information content (AvgIpc) is 2.36. The molecule has 3 heteroatoms. The van der Waals surface area contributed by atoms with Gasteiger partial charge in [0.15, 0.2) is 11.5 Å². The van der Waals surface area contributed by atoms with Crippen LogP contribution in [0.5, 0.6) is 11.5 Å². The van der Waals surface area contributed by atoms with Gasteiger partial charge in [-0.3, -0.25) is 0 Å². The minimum Gasteiger partial charge on any atom is -0.493 e. The third-order valence-corrected chi connectivity index (χ3v) is 2.60. The lowest BCUT2D eigenvalue weighted by Gasteiger charge is -2.11. The number of benzene rings is 1. The maximum Gasteiger partial charge on any atom is 0.161 e. The van der Waals surface area contributed by atoms with E-state index in [0.29, 0.717) is 6.61 Å². The van der Waals surface area contributed by atoms with Crippen LogP contribution in [-0.4, -0.2) is 20.8 Å². The van der Waals surface area contributed by atoms with Gasteiger partial charge in [0.2, 0.25) is 0 Å². The molecule has 3 nitrogen and oxygen atoms in total. The molecular formula is C14H21NO2. The Labute approximate surface area is 103 Å². The molecule has 0 heterocycles. The number of methoxy groups -OCH3 is 1. The second-order valence-electron chi connectivity index (χ2n) is 3.77. The van der Waals surface area contributed by atoms with Crippen molar-refractivity contribution in [3.05, 3.63) is 36.0 Å². The Morgan fingerprint density at radius 2 is 2.12 bits per heavy atom. The van der Waals surface area contributed by atoms with Crippen molar-refractivity contribution in [1.29, 1.82) is 0 Å². The number of allylic oxidation sites excluding steroid dienone is 1. The first-order valence-corrected chi connectivity index (χ1v) is 5.86. The van der Waals surface area contributed by atoms with Gasteiger partial charge in [0.05, 0.1) is 13.7 Å². The van der Waals surface area contributed by atoms with Crippen LogP contribution < -0.4 is 14.8 Å². The molecule has 94 valence electrons. The van der Waals surface area contributed by atoms with E-state index in [-0.39, 0.29) is 0 Å². The highest BCUT2D eigenvalue weighted by atomic mass is 16.5. The van der Waals surface area contributed by atoms with E-state index in [2.05, 4.69) is 18.0 Å². The lowest BCUT2D eigenvalue weighted by atomic mass is 10.1. The number of hydrogen-bond acceptors (Lipinski definition) is 3. The van der Waals surface area contributed by atoms with Crippen molar-refractivity contribution >= 4 is 0 Å². The van der Waals surface area contributed by atoms with Crippen molar-refractivity contribution < 1.29 is 9.47 Å². The lowest BCUT2D eigenvalue weighted by molar-refractivity contribution is 0.310. The van der Waals surface area contributed by atoms with Gasteiger partial charge in [0.25, 0.3) is 0 Å². The lowest BCUT2D eigenvalue weighted by Crippen LogP contribution is -2.05. The maximum absolute atomic E-state index is 5.54. The summed E-state index contributed by atoms with van der Waals surface area (Å²) in [5, 5.41) is 3.05. The van der Waals surface area contributed by atoms with Crippen molar-refractivity contribution in [2.24, 2.45) is 0 Å². The molecule has 0 saturated carbocycles. The summed E-state index contributed by atoms with van der Waals surface area (Å²) < 4.78 is 10.8. The van der Waals surface area contributed by atoms with Crippen molar-refractivity contribution in [3.63, 3.8) is 0 Å². The second-order valence-corrected chi connectivity index (χ2v) is 3.77. The van der Waals surface area contributed by atoms with Gasteiger partial charge in [0.1, 0.15) is 0 Å². The Balaban J connectivity index is 2.73. The fraction of sp³-hybridized carbons (Fsp3) is 0.429. The van der Waals surface area contributed by atoms with Crippen LogP contribution in [0.4, 0.5) is 0 Å². The molecule has 0 atom stereocenters. The molecule has 0 spiro atoms. The largest absolute Gasteiger partial charge is 0.493 e. The van der Waals surface area contributed by atoms with E-state index in [9.17, 15) is 0 Å². The van der Waals surface area contributed by atoms with Crippen LogP contribution in [0.15, 0.2) is 30.5 Å². The topological polar surface area (TPSA) is 30.5 Å². The molecule has 0 aliphatic rings. The van der Waals surface area contributed by atoms with Gasteiger partial charge in [-0.25, -0.2) is 0 Å². The van der Waals surface area contributed by atoms with Crippen LogP contribution in [0.25, 0.3) is 0 Å². The predicted molar refractivity (Wildman–Crippen MR) is 70.7 cm³/mol. The standard InChI is InChI=1S/C14H21NO2/c1-5-17-14-10-12(7-6-11(2)15-3)8-9-13(14)16-4/h8-10,15H,2,5-7H2,1,3-4H3. The second kappa shape index (κ2) is 6.84. The Morgan fingerprint density at radius 3 is 2.71 bits per heavy atom. The molecule has 0 bridgehead atoms. The van der Waals surface area contributed by atoms with E-state index < -0.39 is 0 Å². The average molecular weight is 235 g/mol. The van der Waals surface area contributed by atoms with Crippen LogP contribution >= 0.6 is 0 Å². The normalized spacial score (nSPS) is 9.82. The summed E-state index contributed by atoms with van der Waals surface area (Å²) in [6.07, 6.45) is 1.87. The highest BCUT2D eigenvalue weighted by Gasteiger charge is 2.05. The molecule has 1 aromatic carbocycles. The van der Waals surface area contributed by atoms with Gasteiger partial charge in [-0.2, -0.15) is 0 Å². The van der Waals surface area contributed by atoms with Crippen molar-refractivity contribution in [3.8, 4) is 11.5 Å². The molecule has 0 fully saturated rings. The molecular weight excluding hydrogens is 214 g/mol. The van der Waals surface area contributed by atoms with Gasteiger partial charge in [-0.1, -0.05) is 12.6 Å². The fourth-order valence-corrected chi connectivity index (χ4v) is 1.57. The number of hydrogen-bond donors (Lipinski definition) is 1. The highest BCUT2D eigenvalue weighted by molar-refractivity contribution is 5.43.